The summed E-state index contributed by atoms with van der Waals surface area (Å²) >= 11 is 0. The van der Waals surface area contributed by atoms with Crippen molar-refractivity contribution >= 4 is 11.6 Å². The van der Waals surface area contributed by atoms with Crippen LogP contribution >= 0.6 is 0 Å². The van der Waals surface area contributed by atoms with Crippen LogP contribution in [0.3, 0.4) is 0 Å². The van der Waals surface area contributed by atoms with Gasteiger partial charge in [0.1, 0.15) is 23.0 Å². The molecular formula is C15H13F3N2O. The second-order valence-corrected chi connectivity index (χ2v) is 4.53. The van der Waals surface area contributed by atoms with E-state index in [0.29, 0.717) is 5.56 Å². The molecule has 110 valence electrons. The van der Waals surface area contributed by atoms with Crippen LogP contribution in [0.2, 0.25) is 0 Å². The number of anilines is 1. The molecule has 0 aromatic heterocycles. The normalized spacial score (nSPS) is 10.5. The average molecular weight is 294 g/mol. The summed E-state index contributed by atoms with van der Waals surface area (Å²) in [7, 11) is 0. The van der Waals surface area contributed by atoms with Gasteiger partial charge in [-0.2, -0.15) is 0 Å². The van der Waals surface area contributed by atoms with Crippen molar-refractivity contribution in [2.45, 2.75) is 13.5 Å². The second-order valence-electron chi connectivity index (χ2n) is 4.53. The highest BCUT2D eigenvalue weighted by Gasteiger charge is 2.20. The lowest BCUT2D eigenvalue weighted by Gasteiger charge is -2.10. The average Bonchev–Trinajstić information content (AvgIpc) is 2.45. The lowest BCUT2D eigenvalue weighted by atomic mass is 10.1. The second kappa shape index (κ2) is 5.97. The minimum atomic E-state index is -1.05. The Labute approximate surface area is 119 Å². The first kappa shape index (κ1) is 15.1. The molecule has 2 rings (SSSR count). The fourth-order valence-electron chi connectivity index (χ4n) is 1.84. The number of halogens is 3. The quantitative estimate of drug-likeness (QED) is 0.913. The molecule has 0 aliphatic carbocycles. The number of benzene rings is 2. The molecule has 2 aromatic rings. The van der Waals surface area contributed by atoms with Crippen LogP contribution in [0.15, 0.2) is 30.3 Å². The van der Waals surface area contributed by atoms with Gasteiger partial charge in [-0.1, -0.05) is 12.1 Å². The van der Waals surface area contributed by atoms with Gasteiger partial charge in [-0.25, -0.2) is 13.2 Å². The summed E-state index contributed by atoms with van der Waals surface area (Å²) in [5, 5.41) is 2.15. The van der Waals surface area contributed by atoms with Gasteiger partial charge in [0.15, 0.2) is 0 Å². The molecule has 0 atom stereocenters. The molecule has 2 aromatic carbocycles. The topological polar surface area (TPSA) is 55.1 Å². The van der Waals surface area contributed by atoms with Crippen molar-refractivity contribution in [1.82, 2.24) is 0 Å². The molecule has 0 radical (unpaired) electrons. The number of carbonyl (C=O) groups is 1. The van der Waals surface area contributed by atoms with E-state index in [4.69, 9.17) is 5.73 Å². The number of rotatable bonds is 3. The first-order chi connectivity index (χ1) is 9.93. The minimum Gasteiger partial charge on any atom is -0.326 e. The van der Waals surface area contributed by atoms with Gasteiger partial charge in [0.2, 0.25) is 0 Å². The Bertz CT molecular complexity index is 702. The Hall–Kier alpha value is -2.34. The highest BCUT2D eigenvalue weighted by molar-refractivity contribution is 6.04. The van der Waals surface area contributed by atoms with Gasteiger partial charge >= 0.3 is 0 Å². The SMILES string of the molecule is Cc1ccc(F)c(C(=O)Nc2ccc(CN)cc2F)c1F. The van der Waals surface area contributed by atoms with Crippen LogP contribution in [0.4, 0.5) is 18.9 Å². The molecular weight excluding hydrogens is 281 g/mol. The molecule has 1 amide bonds. The molecule has 3 N–H and O–H groups in total. The van der Waals surface area contributed by atoms with Crippen molar-refractivity contribution in [3.8, 4) is 0 Å². The monoisotopic (exact) mass is 294 g/mol. The number of hydrogen-bond acceptors (Lipinski definition) is 2. The Kier molecular flexibility index (Phi) is 4.28. The number of nitrogens with two attached hydrogens (primary N) is 1. The van der Waals surface area contributed by atoms with Gasteiger partial charge in [0, 0.05) is 6.54 Å². The van der Waals surface area contributed by atoms with E-state index < -0.39 is 28.9 Å². The molecule has 0 saturated carbocycles. The molecule has 6 heteroatoms. The lowest BCUT2D eigenvalue weighted by Crippen LogP contribution is -2.17. The number of nitrogens with one attached hydrogen (secondary N) is 1. The third kappa shape index (κ3) is 3.05. The predicted molar refractivity (Wildman–Crippen MR) is 73.3 cm³/mol. The van der Waals surface area contributed by atoms with Gasteiger partial charge in [-0.15, -0.1) is 0 Å². The van der Waals surface area contributed by atoms with Crippen molar-refractivity contribution in [3.05, 3.63) is 64.5 Å². The predicted octanol–water partition coefficient (Wildman–Crippen LogP) is 3.12. The maximum atomic E-state index is 13.8. The van der Waals surface area contributed by atoms with Crippen molar-refractivity contribution in [2.24, 2.45) is 5.73 Å². The van der Waals surface area contributed by atoms with Gasteiger partial charge in [0.25, 0.3) is 5.91 Å². The molecule has 0 fully saturated rings. The van der Waals surface area contributed by atoms with Crippen LogP contribution in [0, 0.1) is 24.4 Å². The molecule has 0 aliphatic rings. The van der Waals surface area contributed by atoms with Gasteiger partial charge in [-0.3, -0.25) is 4.79 Å². The van der Waals surface area contributed by atoms with E-state index in [2.05, 4.69) is 5.32 Å². The molecule has 0 aliphatic heterocycles. The number of amides is 1. The van der Waals surface area contributed by atoms with E-state index in [1.54, 1.807) is 0 Å². The van der Waals surface area contributed by atoms with Crippen LogP contribution in [-0.4, -0.2) is 5.91 Å². The fourth-order valence-corrected chi connectivity index (χ4v) is 1.84. The summed E-state index contributed by atoms with van der Waals surface area (Å²) in [5.41, 5.74) is 5.12. The Morgan fingerprint density at radius 1 is 1.14 bits per heavy atom. The maximum absolute atomic E-state index is 13.8. The van der Waals surface area contributed by atoms with Crippen molar-refractivity contribution in [1.29, 1.82) is 0 Å². The van der Waals surface area contributed by atoms with Crippen LogP contribution in [0.5, 0.6) is 0 Å². The third-order valence-electron chi connectivity index (χ3n) is 3.03. The summed E-state index contributed by atoms with van der Waals surface area (Å²) < 4.78 is 41.2. The van der Waals surface area contributed by atoms with E-state index in [1.165, 1.54) is 25.1 Å². The largest absolute Gasteiger partial charge is 0.326 e. The maximum Gasteiger partial charge on any atom is 0.261 e. The van der Waals surface area contributed by atoms with Crippen LogP contribution in [0.1, 0.15) is 21.5 Å². The summed E-state index contributed by atoms with van der Waals surface area (Å²) in [6.07, 6.45) is 0. The molecule has 3 nitrogen and oxygen atoms in total. The number of aryl methyl sites for hydroxylation is 1. The molecule has 0 unspecified atom stereocenters. The van der Waals surface area contributed by atoms with Gasteiger partial charge in [-0.05, 0) is 36.2 Å². The number of hydrogen-bond donors (Lipinski definition) is 2. The van der Waals surface area contributed by atoms with Crippen molar-refractivity contribution in [3.63, 3.8) is 0 Å². The molecule has 0 spiro atoms. The van der Waals surface area contributed by atoms with E-state index in [0.717, 1.165) is 12.1 Å². The zero-order valence-corrected chi connectivity index (χ0v) is 11.2. The number of carbonyl (C=O) groups excluding carboxylic acids is 1. The Morgan fingerprint density at radius 2 is 1.86 bits per heavy atom. The summed E-state index contributed by atoms with van der Waals surface area (Å²) in [6, 6.07) is 6.17. The van der Waals surface area contributed by atoms with E-state index in [9.17, 15) is 18.0 Å². The van der Waals surface area contributed by atoms with E-state index in [-0.39, 0.29) is 17.8 Å². The molecule has 0 bridgehead atoms. The molecule has 0 saturated heterocycles. The highest BCUT2D eigenvalue weighted by atomic mass is 19.1. The standard InChI is InChI=1S/C15H13F3N2O/c1-8-2-4-10(16)13(14(8)18)15(21)20-12-5-3-9(7-19)6-11(12)17/h2-6H,7,19H2,1H3,(H,20,21). The van der Waals surface area contributed by atoms with E-state index in [1.807, 2.05) is 0 Å². The minimum absolute atomic E-state index is 0.125. The van der Waals surface area contributed by atoms with Gasteiger partial charge < -0.3 is 11.1 Å². The summed E-state index contributed by atoms with van der Waals surface area (Å²) in [4.78, 5) is 11.9. The zero-order valence-electron chi connectivity index (χ0n) is 11.2. The zero-order chi connectivity index (χ0) is 15.6. The van der Waals surface area contributed by atoms with Crippen LogP contribution in [0.25, 0.3) is 0 Å². The lowest BCUT2D eigenvalue weighted by molar-refractivity contribution is 0.101. The van der Waals surface area contributed by atoms with E-state index >= 15 is 0 Å². The Morgan fingerprint density at radius 3 is 2.48 bits per heavy atom. The third-order valence-corrected chi connectivity index (χ3v) is 3.03. The van der Waals surface area contributed by atoms with Gasteiger partial charge in [0.05, 0.1) is 5.69 Å². The van der Waals surface area contributed by atoms with Crippen LogP contribution in [-0.2, 0) is 6.54 Å². The van der Waals surface area contributed by atoms with Crippen LogP contribution < -0.4 is 11.1 Å². The molecule has 0 heterocycles. The summed E-state index contributed by atoms with van der Waals surface area (Å²) in [6.45, 7) is 1.55. The highest BCUT2D eigenvalue weighted by Crippen LogP contribution is 2.20. The first-order valence-electron chi connectivity index (χ1n) is 6.18. The molecule has 21 heavy (non-hydrogen) atoms. The fraction of sp³-hybridized carbons (Fsp3) is 0.133. The summed E-state index contributed by atoms with van der Waals surface area (Å²) in [5.74, 6) is -3.74. The van der Waals surface area contributed by atoms with Crippen molar-refractivity contribution < 1.29 is 18.0 Å². The van der Waals surface area contributed by atoms with Crippen molar-refractivity contribution in [2.75, 3.05) is 5.32 Å². The smallest absolute Gasteiger partial charge is 0.261 e. The Balaban J connectivity index is 2.33. The first-order valence-corrected chi connectivity index (χ1v) is 6.18.